The number of methoxy groups -OCH3 is 2. The molecule has 3 N–H and O–H groups in total. The number of anilines is 4. The van der Waals surface area contributed by atoms with Gasteiger partial charge in [-0.3, -0.25) is 9.59 Å². The van der Waals surface area contributed by atoms with Crippen LogP contribution in [0.5, 0.6) is 11.5 Å². The first-order valence-electron chi connectivity index (χ1n) is 15.8. The Labute approximate surface area is 290 Å². The molecule has 254 valence electrons. The van der Waals surface area contributed by atoms with Crippen LogP contribution in [-0.4, -0.2) is 74.7 Å². The second kappa shape index (κ2) is 13.7. The van der Waals surface area contributed by atoms with Gasteiger partial charge in [0.05, 0.1) is 27.1 Å². The van der Waals surface area contributed by atoms with Crippen molar-refractivity contribution in [3.05, 3.63) is 59.9 Å². The molecule has 0 saturated carbocycles. The molecule has 1 saturated heterocycles. The summed E-state index contributed by atoms with van der Waals surface area (Å²) in [5.74, 6) is 1.19. The van der Waals surface area contributed by atoms with Gasteiger partial charge >= 0.3 is 0 Å². The van der Waals surface area contributed by atoms with Gasteiger partial charge < -0.3 is 39.5 Å². The van der Waals surface area contributed by atoms with Crippen LogP contribution >= 0.6 is 22.7 Å². The zero-order chi connectivity index (χ0) is 34.1. The molecule has 1 fully saturated rings. The second-order valence-corrected chi connectivity index (χ2v) is 13.9. The van der Waals surface area contributed by atoms with E-state index in [2.05, 4.69) is 41.2 Å². The molecule has 5 heterocycles. The molecule has 16 heteroatoms. The van der Waals surface area contributed by atoms with E-state index >= 15 is 0 Å². The van der Waals surface area contributed by atoms with Gasteiger partial charge in [0.15, 0.2) is 0 Å². The van der Waals surface area contributed by atoms with E-state index in [4.69, 9.17) is 9.47 Å². The summed E-state index contributed by atoms with van der Waals surface area (Å²) in [5, 5.41) is 30.6. The van der Waals surface area contributed by atoms with E-state index in [1.807, 2.05) is 72.0 Å². The number of aromatic nitrogens is 6. The fourth-order valence-electron chi connectivity index (χ4n) is 6.23. The van der Waals surface area contributed by atoms with E-state index in [9.17, 15) is 9.59 Å². The highest BCUT2D eigenvalue weighted by molar-refractivity contribution is 7.19. The van der Waals surface area contributed by atoms with Crippen LogP contribution in [0.1, 0.15) is 24.0 Å². The predicted molar refractivity (Wildman–Crippen MR) is 192 cm³/mol. The largest absolute Gasteiger partial charge is 0.497 e. The summed E-state index contributed by atoms with van der Waals surface area (Å²) in [7, 11) is 7.18. The van der Waals surface area contributed by atoms with Crippen molar-refractivity contribution >= 4 is 76.8 Å². The zero-order valence-corrected chi connectivity index (χ0v) is 29.2. The Morgan fingerprint density at radius 2 is 1.27 bits per heavy atom. The molecule has 2 aromatic carbocycles. The lowest BCUT2D eigenvalue weighted by atomic mass is 10.1. The third-order valence-corrected chi connectivity index (χ3v) is 10.4. The maximum atomic E-state index is 12.9. The van der Waals surface area contributed by atoms with Gasteiger partial charge in [-0.25, -0.2) is 0 Å². The summed E-state index contributed by atoms with van der Waals surface area (Å²) in [6.07, 6.45) is 6.08. The average Bonchev–Trinajstić information content (AvgIpc) is 3.88. The van der Waals surface area contributed by atoms with Gasteiger partial charge in [-0.15, -0.1) is 20.4 Å². The van der Waals surface area contributed by atoms with Crippen LogP contribution in [0.15, 0.2) is 48.8 Å². The third kappa shape index (κ3) is 7.00. The Balaban J connectivity index is 0.885. The summed E-state index contributed by atoms with van der Waals surface area (Å²) in [6.45, 7) is 1.55. The van der Waals surface area contributed by atoms with Crippen LogP contribution in [0, 0.1) is 0 Å². The first kappa shape index (κ1) is 32.3. The van der Waals surface area contributed by atoms with Gasteiger partial charge in [0.2, 0.25) is 32.3 Å². The summed E-state index contributed by atoms with van der Waals surface area (Å²) in [5.41, 5.74) is 3.90. The number of rotatable bonds is 11. The van der Waals surface area contributed by atoms with Crippen molar-refractivity contribution in [3.63, 3.8) is 0 Å². The van der Waals surface area contributed by atoms with Gasteiger partial charge in [0, 0.05) is 67.4 Å². The van der Waals surface area contributed by atoms with Crippen molar-refractivity contribution in [1.29, 1.82) is 0 Å². The van der Waals surface area contributed by atoms with E-state index in [1.165, 1.54) is 22.7 Å². The molecule has 1 aliphatic heterocycles. The summed E-state index contributed by atoms with van der Waals surface area (Å²) in [4.78, 5) is 28.0. The van der Waals surface area contributed by atoms with E-state index < -0.39 is 0 Å². The summed E-state index contributed by atoms with van der Waals surface area (Å²) >= 11 is 2.69. The summed E-state index contributed by atoms with van der Waals surface area (Å²) < 4.78 is 14.8. The molecule has 0 spiro atoms. The average molecular weight is 701 g/mol. The molecule has 49 heavy (non-hydrogen) atoms. The standard InChI is InChI=1S/C33H36N10O4S2/c1-41-17-19(24-15-22(46-3)5-7-26(24)41)13-28(44)35-31-38-37-30(48-31)34-21-9-11-43(12-10-21)33-40-39-32(49-33)36-29(45)14-20-18-42(2)27-8-6-23(47-4)16-25(20)27/h5-8,15-18,21H,9-14H2,1-4H3,(H,34,37)(H,35,38,44)(H,36,39,45). The van der Waals surface area contributed by atoms with Crippen molar-refractivity contribution in [1.82, 2.24) is 29.5 Å². The highest BCUT2D eigenvalue weighted by Crippen LogP contribution is 2.31. The first-order valence-corrected chi connectivity index (χ1v) is 17.4. The van der Waals surface area contributed by atoms with Crippen LogP contribution in [0.25, 0.3) is 21.8 Å². The van der Waals surface area contributed by atoms with Crippen LogP contribution < -0.4 is 30.3 Å². The SMILES string of the molecule is COc1ccc2c(c1)c(CC(=O)Nc1nnc(NC3CCN(c4nnc(NC(=O)Cc5cn(C)c6ccc(OC)cc56)s4)CC3)s1)cn2C. The molecule has 6 aromatic rings. The fourth-order valence-corrected chi connectivity index (χ4v) is 7.78. The third-order valence-electron chi connectivity index (χ3n) is 8.69. The number of nitrogens with zero attached hydrogens (tertiary/aromatic N) is 7. The van der Waals surface area contributed by atoms with Crippen molar-refractivity contribution in [2.24, 2.45) is 14.1 Å². The van der Waals surface area contributed by atoms with Gasteiger partial charge in [0.25, 0.3) is 0 Å². The minimum Gasteiger partial charge on any atom is -0.497 e. The Morgan fingerprint density at radius 1 is 0.755 bits per heavy atom. The highest BCUT2D eigenvalue weighted by atomic mass is 32.1. The first-order chi connectivity index (χ1) is 23.8. The molecular formula is C33H36N10O4S2. The number of carbonyl (C=O) groups excluding carboxylic acids is 2. The highest BCUT2D eigenvalue weighted by Gasteiger charge is 2.24. The van der Waals surface area contributed by atoms with Gasteiger partial charge in [-0.05, 0) is 60.4 Å². The van der Waals surface area contributed by atoms with Crippen LogP contribution in [0.2, 0.25) is 0 Å². The molecule has 0 radical (unpaired) electrons. The Hall–Kier alpha value is -5.22. The van der Waals surface area contributed by atoms with Crippen molar-refractivity contribution < 1.29 is 19.1 Å². The lowest BCUT2D eigenvalue weighted by molar-refractivity contribution is -0.116. The van der Waals surface area contributed by atoms with Crippen molar-refractivity contribution in [2.75, 3.05) is 48.2 Å². The number of hydrogen-bond acceptors (Lipinski definition) is 12. The van der Waals surface area contributed by atoms with E-state index in [1.54, 1.807) is 14.2 Å². The molecule has 0 atom stereocenters. The zero-order valence-electron chi connectivity index (χ0n) is 27.5. The number of benzene rings is 2. The Kier molecular flexibility index (Phi) is 9.05. The van der Waals surface area contributed by atoms with Crippen LogP contribution in [-0.2, 0) is 36.5 Å². The normalized spacial score (nSPS) is 13.6. The molecular weight excluding hydrogens is 665 g/mol. The number of piperidine rings is 1. The van der Waals surface area contributed by atoms with E-state index in [0.717, 1.165) is 75.5 Å². The van der Waals surface area contributed by atoms with Crippen LogP contribution in [0.3, 0.4) is 0 Å². The number of amides is 2. The minimum absolute atomic E-state index is 0.150. The van der Waals surface area contributed by atoms with Gasteiger partial charge in [0.1, 0.15) is 11.5 Å². The monoisotopic (exact) mass is 700 g/mol. The summed E-state index contributed by atoms with van der Waals surface area (Å²) in [6, 6.07) is 11.9. The molecule has 7 rings (SSSR count). The van der Waals surface area contributed by atoms with Gasteiger partial charge in [-0.1, -0.05) is 22.7 Å². The quantitative estimate of drug-likeness (QED) is 0.171. The predicted octanol–water partition coefficient (Wildman–Crippen LogP) is 4.83. The number of carbonyl (C=O) groups is 2. The van der Waals surface area contributed by atoms with E-state index in [-0.39, 0.29) is 30.7 Å². The smallest absolute Gasteiger partial charge is 0.230 e. The minimum atomic E-state index is -0.159. The second-order valence-electron chi connectivity index (χ2n) is 12.0. The van der Waals surface area contributed by atoms with E-state index in [0.29, 0.717) is 15.4 Å². The molecule has 0 bridgehead atoms. The molecule has 1 aliphatic rings. The maximum Gasteiger partial charge on any atom is 0.230 e. The number of fused-ring (bicyclic) bond motifs is 2. The van der Waals surface area contributed by atoms with Crippen molar-refractivity contribution in [3.8, 4) is 11.5 Å². The molecule has 14 nitrogen and oxygen atoms in total. The van der Waals surface area contributed by atoms with Crippen molar-refractivity contribution in [2.45, 2.75) is 31.7 Å². The number of aryl methyl sites for hydroxylation is 2. The molecule has 0 aliphatic carbocycles. The number of ether oxygens (including phenoxy) is 2. The fraction of sp³-hybridized carbons (Fsp3) is 0.333. The lowest BCUT2D eigenvalue weighted by Gasteiger charge is -2.31. The number of nitrogens with one attached hydrogen (secondary N) is 3. The number of hydrogen-bond donors (Lipinski definition) is 3. The van der Waals surface area contributed by atoms with Crippen LogP contribution in [0.4, 0.5) is 20.5 Å². The maximum absolute atomic E-state index is 12.9. The molecule has 4 aromatic heterocycles. The van der Waals surface area contributed by atoms with Gasteiger partial charge in [-0.2, -0.15) is 0 Å². The lowest BCUT2D eigenvalue weighted by Crippen LogP contribution is -2.39. The molecule has 0 unspecified atom stereocenters. The molecule has 2 amide bonds. The topological polar surface area (TPSA) is 153 Å². The Morgan fingerprint density at radius 3 is 1.82 bits per heavy atom. The Bertz CT molecular complexity index is 2140.